The molecule has 1 atom stereocenters. The molecule has 1 saturated heterocycles. The smallest absolute Gasteiger partial charge is 0.242 e. The number of hydrogen-bond acceptors (Lipinski definition) is 4. The van der Waals surface area contributed by atoms with Crippen LogP contribution in [-0.4, -0.2) is 33.2 Å². The summed E-state index contributed by atoms with van der Waals surface area (Å²) < 4.78 is 31.8. The van der Waals surface area contributed by atoms with Gasteiger partial charge in [0.25, 0.3) is 0 Å². The molecule has 0 aromatic carbocycles. The second-order valence-electron chi connectivity index (χ2n) is 4.25. The lowest BCUT2D eigenvalue weighted by Crippen LogP contribution is -2.33. The van der Waals surface area contributed by atoms with Gasteiger partial charge in [0.15, 0.2) is 0 Å². The molecule has 0 amide bonds. The van der Waals surface area contributed by atoms with Crippen molar-refractivity contribution in [1.82, 2.24) is 9.71 Å². The third kappa shape index (κ3) is 3.65. The summed E-state index contributed by atoms with van der Waals surface area (Å²) in [7, 11) is -3.50. The van der Waals surface area contributed by atoms with Gasteiger partial charge in [-0.15, -0.1) is 0 Å². The molecule has 18 heavy (non-hydrogen) atoms. The molecule has 7 heteroatoms. The van der Waals surface area contributed by atoms with Gasteiger partial charge in [-0.2, -0.15) is 0 Å². The third-order valence-electron chi connectivity index (χ3n) is 2.83. The average Bonchev–Trinajstić information content (AvgIpc) is 2.38. The Morgan fingerprint density at radius 2 is 2.33 bits per heavy atom. The van der Waals surface area contributed by atoms with Crippen LogP contribution < -0.4 is 4.72 Å². The average molecular weight is 291 g/mol. The second-order valence-corrected chi connectivity index (χ2v) is 6.41. The van der Waals surface area contributed by atoms with E-state index in [2.05, 4.69) is 9.71 Å². The first-order valence-electron chi connectivity index (χ1n) is 5.77. The molecule has 0 radical (unpaired) electrons. The van der Waals surface area contributed by atoms with Gasteiger partial charge in [-0.3, -0.25) is 0 Å². The topological polar surface area (TPSA) is 68.3 Å². The number of sulfonamides is 1. The lowest BCUT2D eigenvalue weighted by atomic mass is 10.0. The zero-order valence-electron chi connectivity index (χ0n) is 9.80. The van der Waals surface area contributed by atoms with Crippen LogP contribution in [0, 0.1) is 5.92 Å². The summed E-state index contributed by atoms with van der Waals surface area (Å²) >= 11 is 5.62. The predicted octanol–water partition coefficient (Wildman–Crippen LogP) is 1.44. The quantitative estimate of drug-likeness (QED) is 0.852. The van der Waals surface area contributed by atoms with Crippen LogP contribution in [0.4, 0.5) is 0 Å². The maximum atomic E-state index is 12.0. The number of rotatable bonds is 4. The number of nitrogens with zero attached hydrogens (tertiary/aromatic N) is 1. The molecule has 1 aliphatic heterocycles. The number of ether oxygens (including phenoxy) is 1. The summed E-state index contributed by atoms with van der Waals surface area (Å²) in [6, 6.07) is 2.90. The Kier molecular flexibility index (Phi) is 4.55. The van der Waals surface area contributed by atoms with Crippen molar-refractivity contribution < 1.29 is 13.2 Å². The highest BCUT2D eigenvalue weighted by Crippen LogP contribution is 2.14. The van der Waals surface area contributed by atoms with Crippen molar-refractivity contribution in [3.8, 4) is 0 Å². The monoisotopic (exact) mass is 290 g/mol. The summed E-state index contributed by atoms with van der Waals surface area (Å²) in [4.78, 5) is 3.89. The number of halogens is 1. The second kappa shape index (κ2) is 5.97. The Morgan fingerprint density at radius 3 is 2.94 bits per heavy atom. The molecule has 5 nitrogen and oxygen atoms in total. The Labute approximate surface area is 112 Å². The first-order chi connectivity index (χ1) is 8.58. The van der Waals surface area contributed by atoms with E-state index >= 15 is 0 Å². The van der Waals surface area contributed by atoms with Crippen LogP contribution in [0.2, 0.25) is 5.15 Å². The van der Waals surface area contributed by atoms with Gasteiger partial charge in [-0.25, -0.2) is 18.1 Å². The summed E-state index contributed by atoms with van der Waals surface area (Å²) in [6.45, 7) is 1.77. The van der Waals surface area contributed by atoms with Crippen molar-refractivity contribution in [3.63, 3.8) is 0 Å². The molecule has 100 valence electrons. The fourth-order valence-electron chi connectivity index (χ4n) is 1.80. The highest BCUT2D eigenvalue weighted by Gasteiger charge is 2.19. The molecule has 0 aliphatic carbocycles. The molecule has 0 spiro atoms. The number of nitrogens with one attached hydrogen (secondary N) is 1. The highest BCUT2D eigenvalue weighted by atomic mass is 35.5. The van der Waals surface area contributed by atoms with Crippen LogP contribution in [-0.2, 0) is 14.8 Å². The fourth-order valence-corrected chi connectivity index (χ4v) is 2.97. The Morgan fingerprint density at radius 1 is 1.50 bits per heavy atom. The molecule has 1 aromatic rings. The Balaban J connectivity index is 1.96. The van der Waals surface area contributed by atoms with Crippen molar-refractivity contribution >= 4 is 21.6 Å². The van der Waals surface area contributed by atoms with E-state index in [1.165, 1.54) is 18.3 Å². The van der Waals surface area contributed by atoms with Gasteiger partial charge in [0.05, 0.1) is 6.61 Å². The van der Waals surface area contributed by atoms with E-state index in [1.54, 1.807) is 0 Å². The van der Waals surface area contributed by atoms with Gasteiger partial charge in [-0.05, 0) is 30.9 Å². The van der Waals surface area contributed by atoms with Gasteiger partial charge in [0.2, 0.25) is 10.0 Å². The van der Waals surface area contributed by atoms with Crippen LogP contribution >= 0.6 is 11.6 Å². The van der Waals surface area contributed by atoms with E-state index in [4.69, 9.17) is 16.3 Å². The summed E-state index contributed by atoms with van der Waals surface area (Å²) in [5.41, 5.74) is 0. The van der Waals surface area contributed by atoms with Crippen LogP contribution in [0.15, 0.2) is 23.2 Å². The minimum absolute atomic E-state index is 0.128. The zero-order valence-corrected chi connectivity index (χ0v) is 11.4. The van der Waals surface area contributed by atoms with Crippen LogP contribution in [0.3, 0.4) is 0 Å². The highest BCUT2D eigenvalue weighted by molar-refractivity contribution is 7.89. The van der Waals surface area contributed by atoms with E-state index in [9.17, 15) is 8.42 Å². The summed E-state index contributed by atoms with van der Waals surface area (Å²) in [6.07, 6.45) is 3.22. The standard InChI is InChI=1S/C11H15ClN2O3S/c12-11-4-3-10(7-13-11)18(15,16)14-6-9-2-1-5-17-8-9/h3-4,7,9,14H,1-2,5-6,8H2. The third-order valence-corrected chi connectivity index (χ3v) is 4.46. The number of hydrogen-bond donors (Lipinski definition) is 1. The van der Waals surface area contributed by atoms with Gasteiger partial charge in [0, 0.05) is 19.3 Å². The Bertz CT molecular complexity index is 484. The lowest BCUT2D eigenvalue weighted by molar-refractivity contribution is 0.0568. The Hall–Kier alpha value is -0.690. The molecule has 1 fully saturated rings. The van der Waals surface area contributed by atoms with E-state index < -0.39 is 10.0 Å². The van der Waals surface area contributed by atoms with Crippen molar-refractivity contribution in [2.45, 2.75) is 17.7 Å². The van der Waals surface area contributed by atoms with E-state index in [1.807, 2.05) is 0 Å². The first-order valence-corrected chi connectivity index (χ1v) is 7.63. The van der Waals surface area contributed by atoms with Gasteiger partial charge >= 0.3 is 0 Å². The maximum Gasteiger partial charge on any atom is 0.242 e. The summed E-state index contributed by atoms with van der Waals surface area (Å²) in [5.74, 6) is 0.244. The normalized spacial score (nSPS) is 20.8. The fraction of sp³-hybridized carbons (Fsp3) is 0.545. The molecule has 1 unspecified atom stereocenters. The molecule has 0 bridgehead atoms. The number of aromatic nitrogens is 1. The van der Waals surface area contributed by atoms with Crippen LogP contribution in [0.5, 0.6) is 0 Å². The van der Waals surface area contributed by atoms with E-state index in [-0.39, 0.29) is 16.0 Å². The van der Waals surface area contributed by atoms with Crippen molar-refractivity contribution in [2.75, 3.05) is 19.8 Å². The first kappa shape index (κ1) is 13.7. The molecular weight excluding hydrogens is 276 g/mol. The van der Waals surface area contributed by atoms with Crippen LogP contribution in [0.25, 0.3) is 0 Å². The van der Waals surface area contributed by atoms with Gasteiger partial charge < -0.3 is 4.74 Å². The molecule has 2 rings (SSSR count). The lowest BCUT2D eigenvalue weighted by Gasteiger charge is -2.22. The minimum Gasteiger partial charge on any atom is -0.381 e. The molecule has 1 N–H and O–H groups in total. The van der Waals surface area contributed by atoms with Crippen molar-refractivity contribution in [1.29, 1.82) is 0 Å². The molecule has 1 aromatic heterocycles. The van der Waals surface area contributed by atoms with Gasteiger partial charge in [-0.1, -0.05) is 11.6 Å². The summed E-state index contributed by atoms with van der Waals surface area (Å²) in [5, 5.41) is 0.273. The maximum absolute atomic E-state index is 12.0. The predicted molar refractivity (Wildman–Crippen MR) is 68.0 cm³/mol. The number of pyridine rings is 1. The largest absolute Gasteiger partial charge is 0.381 e. The van der Waals surface area contributed by atoms with Crippen molar-refractivity contribution in [3.05, 3.63) is 23.5 Å². The zero-order chi connectivity index (χ0) is 13.0. The SMILES string of the molecule is O=S(=O)(NCC1CCCOC1)c1ccc(Cl)nc1. The van der Waals surface area contributed by atoms with E-state index in [0.717, 1.165) is 19.4 Å². The van der Waals surface area contributed by atoms with Crippen LogP contribution in [0.1, 0.15) is 12.8 Å². The molecule has 1 aliphatic rings. The van der Waals surface area contributed by atoms with Gasteiger partial charge in [0.1, 0.15) is 10.0 Å². The molecular formula is C11H15ClN2O3S. The van der Waals surface area contributed by atoms with E-state index in [0.29, 0.717) is 13.2 Å². The molecule has 2 heterocycles. The molecule has 0 saturated carbocycles. The van der Waals surface area contributed by atoms with Crippen molar-refractivity contribution in [2.24, 2.45) is 5.92 Å². The minimum atomic E-state index is -3.50.